The number of halogens is 1. The highest BCUT2D eigenvalue weighted by atomic mass is 35.5. The molecular weight excluding hydrogens is 464 g/mol. The third-order valence-electron chi connectivity index (χ3n) is 4.94. The highest BCUT2D eigenvalue weighted by Gasteiger charge is 2.19. The second-order valence-electron chi connectivity index (χ2n) is 7.39. The smallest absolute Gasteiger partial charge is 0.272 e. The summed E-state index contributed by atoms with van der Waals surface area (Å²) >= 11 is 6.00. The lowest BCUT2D eigenvalue weighted by Gasteiger charge is -2.11. The van der Waals surface area contributed by atoms with E-state index in [9.17, 15) is 13.2 Å². The maximum Gasteiger partial charge on any atom is 0.272 e. The van der Waals surface area contributed by atoms with Crippen LogP contribution < -0.4 is 5.32 Å². The molecule has 2 aromatic carbocycles. The summed E-state index contributed by atoms with van der Waals surface area (Å²) in [4.78, 5) is 13.0. The van der Waals surface area contributed by atoms with Crippen LogP contribution in [0.2, 0.25) is 5.02 Å². The fourth-order valence-corrected chi connectivity index (χ4v) is 4.16. The van der Waals surface area contributed by atoms with Crippen molar-refractivity contribution in [1.29, 1.82) is 0 Å². The Kier molecular flexibility index (Phi) is 6.37. The van der Waals surface area contributed by atoms with E-state index in [2.05, 4.69) is 10.4 Å². The van der Waals surface area contributed by atoms with E-state index in [1.165, 1.54) is 26.2 Å². The number of carbonyl (C=O) groups excluding carboxylic acids is 1. The number of nitrogens with zero attached hydrogens (tertiary/aromatic N) is 3. The average molecular weight is 485 g/mol. The highest BCUT2D eigenvalue weighted by molar-refractivity contribution is 7.89. The second-order valence-corrected chi connectivity index (χ2v) is 9.98. The third kappa shape index (κ3) is 4.85. The van der Waals surface area contributed by atoms with Crippen LogP contribution in [0.1, 0.15) is 16.1 Å². The molecule has 0 atom stereocenters. The van der Waals surface area contributed by atoms with Crippen LogP contribution in [0.25, 0.3) is 17.1 Å². The molecule has 0 unspecified atom stereocenters. The summed E-state index contributed by atoms with van der Waals surface area (Å²) in [7, 11) is -0.553. The van der Waals surface area contributed by atoms with Crippen molar-refractivity contribution >= 4 is 27.5 Å². The molecule has 1 amide bonds. The van der Waals surface area contributed by atoms with Crippen LogP contribution in [0.15, 0.2) is 82.3 Å². The van der Waals surface area contributed by atoms with Gasteiger partial charge < -0.3 is 9.73 Å². The van der Waals surface area contributed by atoms with Crippen molar-refractivity contribution in [2.75, 3.05) is 14.1 Å². The summed E-state index contributed by atoms with van der Waals surface area (Å²) in [6, 6.07) is 18.6. The summed E-state index contributed by atoms with van der Waals surface area (Å²) in [6.07, 6.45) is 1.55. The van der Waals surface area contributed by atoms with Crippen LogP contribution in [0, 0.1) is 0 Å². The summed E-state index contributed by atoms with van der Waals surface area (Å²) in [6.45, 7) is 0.213. The molecule has 0 spiro atoms. The van der Waals surface area contributed by atoms with Crippen molar-refractivity contribution in [2.24, 2.45) is 0 Å². The molecule has 0 fully saturated rings. The Hall–Kier alpha value is -3.40. The number of hydrogen-bond acceptors (Lipinski definition) is 5. The molecule has 0 saturated carbocycles. The van der Waals surface area contributed by atoms with E-state index in [1.807, 2.05) is 0 Å². The van der Waals surface area contributed by atoms with Gasteiger partial charge in [0.1, 0.15) is 5.69 Å². The van der Waals surface area contributed by atoms with Gasteiger partial charge in [0.2, 0.25) is 10.0 Å². The fourth-order valence-electron chi connectivity index (χ4n) is 3.13. The van der Waals surface area contributed by atoms with Gasteiger partial charge in [-0.3, -0.25) is 4.79 Å². The first-order chi connectivity index (χ1) is 15.8. The van der Waals surface area contributed by atoms with Gasteiger partial charge in [-0.25, -0.2) is 17.4 Å². The normalized spacial score (nSPS) is 11.6. The molecule has 2 heterocycles. The van der Waals surface area contributed by atoms with Crippen molar-refractivity contribution < 1.29 is 17.6 Å². The lowest BCUT2D eigenvalue weighted by atomic mass is 10.2. The topological polar surface area (TPSA) is 97.4 Å². The molecule has 2 aromatic heterocycles. The Morgan fingerprint density at radius 2 is 1.79 bits per heavy atom. The van der Waals surface area contributed by atoms with Gasteiger partial charge in [-0.15, -0.1) is 0 Å². The zero-order valence-electron chi connectivity index (χ0n) is 17.9. The molecule has 8 nitrogen and oxygen atoms in total. The number of aromatic nitrogens is 2. The van der Waals surface area contributed by atoms with Crippen LogP contribution in [0.5, 0.6) is 0 Å². The van der Waals surface area contributed by atoms with Gasteiger partial charge in [0, 0.05) is 31.7 Å². The standard InChI is InChI=1S/C23H21ClN4O4S/c1-27(2)33(30,31)19-11-5-16(6-12-19)15-25-23(29)20-14-21(22-4-3-13-32-22)28(26-20)18-9-7-17(24)8-10-18/h3-14H,15H2,1-2H3,(H,25,29). The second kappa shape index (κ2) is 9.22. The molecule has 10 heteroatoms. The number of amides is 1. The zero-order valence-corrected chi connectivity index (χ0v) is 19.5. The van der Waals surface area contributed by atoms with Gasteiger partial charge >= 0.3 is 0 Å². The molecule has 33 heavy (non-hydrogen) atoms. The molecule has 0 saturated heterocycles. The fraction of sp³-hybridized carbons (Fsp3) is 0.130. The third-order valence-corrected chi connectivity index (χ3v) is 7.02. The van der Waals surface area contributed by atoms with Gasteiger partial charge in [-0.2, -0.15) is 5.10 Å². The lowest BCUT2D eigenvalue weighted by molar-refractivity contribution is 0.0945. The molecule has 0 aliphatic heterocycles. The summed E-state index contributed by atoms with van der Waals surface area (Å²) in [5.41, 5.74) is 2.31. The van der Waals surface area contributed by atoms with E-state index in [4.69, 9.17) is 16.0 Å². The van der Waals surface area contributed by atoms with E-state index in [0.717, 1.165) is 15.6 Å². The first kappa shape index (κ1) is 22.8. The molecule has 0 radical (unpaired) electrons. The van der Waals surface area contributed by atoms with Gasteiger partial charge in [0.25, 0.3) is 5.91 Å². The first-order valence-electron chi connectivity index (χ1n) is 9.95. The Balaban J connectivity index is 1.54. The summed E-state index contributed by atoms with van der Waals surface area (Å²) < 4.78 is 32.7. The number of carbonyl (C=O) groups is 1. The number of hydrogen-bond donors (Lipinski definition) is 1. The first-order valence-corrected chi connectivity index (χ1v) is 11.8. The van der Waals surface area contributed by atoms with Crippen molar-refractivity contribution in [3.8, 4) is 17.1 Å². The molecular formula is C23H21ClN4O4S. The van der Waals surface area contributed by atoms with Crippen molar-refractivity contribution in [1.82, 2.24) is 19.4 Å². The van der Waals surface area contributed by atoms with Gasteiger partial charge in [0.05, 0.1) is 16.8 Å². The number of furan rings is 1. The Morgan fingerprint density at radius 1 is 1.09 bits per heavy atom. The maximum absolute atomic E-state index is 12.8. The van der Waals surface area contributed by atoms with E-state index < -0.39 is 10.0 Å². The van der Waals surface area contributed by atoms with Crippen molar-refractivity contribution in [3.05, 3.63) is 89.3 Å². The minimum Gasteiger partial charge on any atom is -0.463 e. The Labute approximate surface area is 196 Å². The predicted molar refractivity (Wildman–Crippen MR) is 125 cm³/mol. The number of nitrogens with one attached hydrogen (secondary N) is 1. The monoisotopic (exact) mass is 484 g/mol. The van der Waals surface area contributed by atoms with E-state index >= 15 is 0 Å². The van der Waals surface area contributed by atoms with E-state index in [-0.39, 0.29) is 23.0 Å². The molecule has 4 aromatic rings. The van der Waals surface area contributed by atoms with Crippen LogP contribution >= 0.6 is 11.6 Å². The SMILES string of the molecule is CN(C)S(=O)(=O)c1ccc(CNC(=O)c2cc(-c3ccco3)n(-c3ccc(Cl)cc3)n2)cc1. The molecule has 0 aliphatic carbocycles. The number of sulfonamides is 1. The van der Waals surface area contributed by atoms with Crippen LogP contribution in [0.3, 0.4) is 0 Å². The minimum atomic E-state index is -3.50. The predicted octanol–water partition coefficient (Wildman–Crippen LogP) is 3.97. The molecule has 4 rings (SSSR count). The lowest BCUT2D eigenvalue weighted by Crippen LogP contribution is -2.24. The van der Waals surface area contributed by atoms with Gasteiger partial charge in [-0.05, 0) is 54.1 Å². The van der Waals surface area contributed by atoms with Gasteiger partial charge in [-0.1, -0.05) is 23.7 Å². The number of rotatable bonds is 7. The van der Waals surface area contributed by atoms with Crippen molar-refractivity contribution in [2.45, 2.75) is 11.4 Å². The molecule has 0 bridgehead atoms. The van der Waals surface area contributed by atoms with Crippen LogP contribution in [-0.2, 0) is 16.6 Å². The average Bonchev–Trinajstić information content (AvgIpc) is 3.48. The Morgan fingerprint density at radius 3 is 2.39 bits per heavy atom. The highest BCUT2D eigenvalue weighted by Crippen LogP contribution is 2.25. The Bertz CT molecular complexity index is 1360. The molecule has 0 aliphatic rings. The van der Waals surface area contributed by atoms with Crippen LogP contribution in [-0.4, -0.2) is 42.5 Å². The largest absolute Gasteiger partial charge is 0.463 e. The van der Waals surface area contributed by atoms with Crippen LogP contribution in [0.4, 0.5) is 0 Å². The molecule has 1 N–H and O–H groups in total. The van der Waals surface area contributed by atoms with E-state index in [0.29, 0.717) is 16.5 Å². The maximum atomic E-state index is 12.8. The van der Waals surface area contributed by atoms with Crippen molar-refractivity contribution in [3.63, 3.8) is 0 Å². The number of benzene rings is 2. The van der Waals surface area contributed by atoms with Gasteiger partial charge in [0.15, 0.2) is 11.5 Å². The summed E-state index contributed by atoms with van der Waals surface area (Å²) in [5, 5.41) is 7.87. The van der Waals surface area contributed by atoms with E-state index in [1.54, 1.807) is 65.5 Å². The quantitative estimate of drug-likeness (QED) is 0.428. The molecule has 170 valence electrons. The zero-order chi connectivity index (χ0) is 23.6. The summed E-state index contributed by atoms with van der Waals surface area (Å²) in [5.74, 6) is 0.190. The minimum absolute atomic E-state index is 0.187.